The van der Waals surface area contributed by atoms with Crippen LogP contribution in [0.2, 0.25) is 0 Å². The van der Waals surface area contributed by atoms with Crippen LogP contribution in [0.3, 0.4) is 0 Å². The topological polar surface area (TPSA) is 0 Å². The van der Waals surface area contributed by atoms with Gasteiger partial charge in [0.2, 0.25) is 0 Å². The highest BCUT2D eigenvalue weighted by Crippen LogP contribution is 2.16. The second kappa shape index (κ2) is 7.12. The molecule has 0 spiro atoms. The van der Waals surface area contributed by atoms with Gasteiger partial charge in [-0.05, 0) is 37.3 Å². The number of benzene rings is 1. The van der Waals surface area contributed by atoms with Gasteiger partial charge in [0.1, 0.15) is 0 Å². The summed E-state index contributed by atoms with van der Waals surface area (Å²) in [6, 6.07) is 8.63. The second-order valence-electron chi connectivity index (χ2n) is 4.42. The van der Waals surface area contributed by atoms with Gasteiger partial charge >= 0.3 is 0 Å². The Morgan fingerprint density at radius 1 is 1.12 bits per heavy atom. The monoisotopic (exact) mass is 213 g/mol. The third-order valence-corrected chi connectivity index (χ3v) is 3.02. The van der Waals surface area contributed by atoms with Crippen LogP contribution in [0.5, 0.6) is 0 Å². The first-order chi connectivity index (χ1) is 7.77. The van der Waals surface area contributed by atoms with Gasteiger partial charge in [-0.2, -0.15) is 0 Å². The maximum Gasteiger partial charge on any atom is 0.0434 e. The van der Waals surface area contributed by atoms with Crippen molar-refractivity contribution in [3.05, 3.63) is 41.8 Å². The number of aryl methyl sites for hydroxylation is 1. The van der Waals surface area contributed by atoms with E-state index >= 15 is 0 Å². The van der Waals surface area contributed by atoms with Crippen molar-refractivity contribution in [3.63, 3.8) is 0 Å². The van der Waals surface area contributed by atoms with Crippen LogP contribution >= 0.6 is 0 Å². The lowest BCUT2D eigenvalue weighted by molar-refractivity contribution is 0.667. The largest absolute Gasteiger partial charge is 0.0812 e. The summed E-state index contributed by atoms with van der Waals surface area (Å²) < 4.78 is 0. The van der Waals surface area contributed by atoms with Gasteiger partial charge in [0.05, 0.1) is 0 Å². The molecule has 0 nitrogen and oxygen atoms in total. The molecule has 1 atom stereocenters. The SMILES string of the molecule is [C]#CC(C)c1ccc(CCCCCC)cc1. The fraction of sp³-hybridized carbons (Fsp3) is 0.500. The molecule has 0 saturated heterocycles. The molecule has 85 valence electrons. The van der Waals surface area contributed by atoms with Crippen LogP contribution < -0.4 is 0 Å². The molecule has 1 rings (SSSR count). The normalized spacial score (nSPS) is 12.1. The predicted octanol–water partition coefficient (Wildman–Crippen LogP) is 4.50. The minimum absolute atomic E-state index is 0.120. The van der Waals surface area contributed by atoms with Gasteiger partial charge < -0.3 is 0 Å². The third-order valence-electron chi connectivity index (χ3n) is 3.02. The van der Waals surface area contributed by atoms with Gasteiger partial charge in [-0.1, -0.05) is 56.4 Å². The van der Waals surface area contributed by atoms with E-state index in [1.807, 2.05) is 6.92 Å². The molecule has 0 heteroatoms. The van der Waals surface area contributed by atoms with Crippen LogP contribution in [0.25, 0.3) is 0 Å². The van der Waals surface area contributed by atoms with Crippen molar-refractivity contribution in [3.8, 4) is 5.92 Å². The first kappa shape index (κ1) is 12.8. The van der Waals surface area contributed by atoms with Crippen LogP contribution in [-0.4, -0.2) is 0 Å². The van der Waals surface area contributed by atoms with E-state index in [-0.39, 0.29) is 5.92 Å². The van der Waals surface area contributed by atoms with Crippen molar-refractivity contribution in [1.29, 1.82) is 0 Å². The summed E-state index contributed by atoms with van der Waals surface area (Å²) in [5, 5.41) is 0. The fourth-order valence-corrected chi connectivity index (χ4v) is 1.81. The molecule has 1 radical (unpaired) electrons. The molecule has 1 aromatic carbocycles. The quantitative estimate of drug-likeness (QED) is 0.482. The molecule has 16 heavy (non-hydrogen) atoms. The Kier molecular flexibility index (Phi) is 5.72. The summed E-state index contributed by atoms with van der Waals surface area (Å²) in [7, 11) is 0. The van der Waals surface area contributed by atoms with Crippen molar-refractivity contribution in [2.75, 3.05) is 0 Å². The van der Waals surface area contributed by atoms with Gasteiger partial charge in [0.25, 0.3) is 0 Å². The van der Waals surface area contributed by atoms with Crippen molar-refractivity contribution in [1.82, 2.24) is 0 Å². The molecular weight excluding hydrogens is 192 g/mol. The molecule has 0 aliphatic carbocycles. The van der Waals surface area contributed by atoms with Crippen molar-refractivity contribution >= 4 is 0 Å². The Labute approximate surface area is 100 Å². The van der Waals surface area contributed by atoms with Crippen LogP contribution in [0.1, 0.15) is 56.6 Å². The minimum atomic E-state index is 0.120. The van der Waals surface area contributed by atoms with E-state index < -0.39 is 0 Å². The minimum Gasteiger partial charge on any atom is -0.0812 e. The lowest BCUT2D eigenvalue weighted by atomic mass is 9.99. The lowest BCUT2D eigenvalue weighted by Crippen LogP contribution is -1.91. The highest BCUT2D eigenvalue weighted by molar-refractivity contribution is 5.28. The average molecular weight is 213 g/mol. The van der Waals surface area contributed by atoms with Crippen molar-refractivity contribution in [2.24, 2.45) is 0 Å². The zero-order valence-corrected chi connectivity index (χ0v) is 10.4. The Hall–Kier alpha value is -1.22. The number of hydrogen-bond acceptors (Lipinski definition) is 0. The molecule has 0 N–H and O–H groups in total. The average Bonchev–Trinajstić information content (AvgIpc) is 2.34. The summed E-state index contributed by atoms with van der Waals surface area (Å²) in [5.41, 5.74) is 2.60. The predicted molar refractivity (Wildman–Crippen MR) is 69.8 cm³/mol. The molecule has 0 amide bonds. The maximum absolute atomic E-state index is 7.11. The highest BCUT2D eigenvalue weighted by Gasteiger charge is 2.01. The first-order valence-electron chi connectivity index (χ1n) is 6.29. The van der Waals surface area contributed by atoms with Crippen molar-refractivity contribution < 1.29 is 0 Å². The summed E-state index contributed by atoms with van der Waals surface area (Å²) in [6.45, 7) is 4.24. The van der Waals surface area contributed by atoms with E-state index in [2.05, 4.69) is 37.1 Å². The van der Waals surface area contributed by atoms with E-state index in [1.54, 1.807) is 0 Å². The molecule has 0 saturated carbocycles. The van der Waals surface area contributed by atoms with Gasteiger partial charge in [0, 0.05) is 5.92 Å². The number of unbranched alkanes of at least 4 members (excludes halogenated alkanes) is 3. The lowest BCUT2D eigenvalue weighted by Gasteiger charge is -2.06. The molecule has 0 fully saturated rings. The molecule has 0 aromatic heterocycles. The Morgan fingerprint density at radius 2 is 1.81 bits per heavy atom. The molecule has 1 unspecified atom stereocenters. The van der Waals surface area contributed by atoms with Crippen LogP contribution in [0.4, 0.5) is 0 Å². The van der Waals surface area contributed by atoms with Crippen molar-refractivity contribution in [2.45, 2.75) is 51.9 Å². The third kappa shape index (κ3) is 4.11. The smallest absolute Gasteiger partial charge is 0.0434 e. The first-order valence-corrected chi connectivity index (χ1v) is 6.29. The second-order valence-corrected chi connectivity index (χ2v) is 4.42. The molecule has 1 aromatic rings. The number of rotatable bonds is 6. The maximum atomic E-state index is 7.11. The van der Waals surface area contributed by atoms with E-state index in [4.69, 9.17) is 6.42 Å². The summed E-state index contributed by atoms with van der Waals surface area (Å²) >= 11 is 0. The Morgan fingerprint density at radius 3 is 2.38 bits per heavy atom. The Balaban J connectivity index is 2.43. The van der Waals surface area contributed by atoms with E-state index in [1.165, 1.54) is 43.2 Å². The summed E-state index contributed by atoms with van der Waals surface area (Å²) in [5.74, 6) is 2.63. The number of hydrogen-bond donors (Lipinski definition) is 0. The standard InChI is InChI=1S/C16H21/c1-4-6-7-8-9-15-10-12-16(13-11-15)14(3)5-2/h10-14H,4,6-9H2,1,3H3. The van der Waals surface area contributed by atoms with Crippen LogP contribution in [-0.2, 0) is 6.42 Å². The van der Waals surface area contributed by atoms with Gasteiger partial charge in [-0.15, -0.1) is 0 Å². The molecule has 0 bridgehead atoms. The van der Waals surface area contributed by atoms with Gasteiger partial charge in [-0.3, -0.25) is 0 Å². The van der Waals surface area contributed by atoms with E-state index in [9.17, 15) is 0 Å². The van der Waals surface area contributed by atoms with Gasteiger partial charge in [0.15, 0.2) is 0 Å². The zero-order valence-electron chi connectivity index (χ0n) is 10.4. The van der Waals surface area contributed by atoms with Crippen LogP contribution in [0.15, 0.2) is 24.3 Å². The van der Waals surface area contributed by atoms with E-state index in [0.717, 1.165) is 0 Å². The highest BCUT2D eigenvalue weighted by atomic mass is 14.0. The summed E-state index contributed by atoms with van der Waals surface area (Å²) in [4.78, 5) is 0. The van der Waals surface area contributed by atoms with Gasteiger partial charge in [-0.25, -0.2) is 0 Å². The molecule has 0 heterocycles. The van der Waals surface area contributed by atoms with E-state index in [0.29, 0.717) is 0 Å². The zero-order chi connectivity index (χ0) is 11.8. The summed E-state index contributed by atoms with van der Waals surface area (Å²) in [6.07, 6.45) is 13.6. The van der Waals surface area contributed by atoms with Crippen LogP contribution in [0, 0.1) is 12.3 Å². The molecule has 0 aliphatic rings. The Bertz CT molecular complexity index is 326. The molecule has 0 aliphatic heterocycles. The molecular formula is C16H21. The fourth-order valence-electron chi connectivity index (χ4n) is 1.81.